The average molecular weight is 343 g/mol. The van der Waals surface area contributed by atoms with Gasteiger partial charge in [-0.25, -0.2) is 14.2 Å². The summed E-state index contributed by atoms with van der Waals surface area (Å²) >= 11 is 0. The van der Waals surface area contributed by atoms with E-state index in [0.29, 0.717) is 17.8 Å². The zero-order valence-electron chi connectivity index (χ0n) is 15.2. The summed E-state index contributed by atoms with van der Waals surface area (Å²) in [6.45, 7) is 6.68. The number of alkyl halides is 2. The van der Waals surface area contributed by atoms with Crippen molar-refractivity contribution in [1.29, 1.82) is 0 Å². The van der Waals surface area contributed by atoms with E-state index in [-0.39, 0.29) is 17.5 Å². The summed E-state index contributed by atoms with van der Waals surface area (Å²) in [4.78, 5) is 12.6. The minimum Gasteiger partial charge on any atom is -0.349 e. The molecule has 0 radical (unpaired) electrons. The Morgan fingerprint density at radius 2 is 2.00 bits per heavy atom. The Hall–Kier alpha value is -1.17. The third kappa shape index (κ3) is 4.68. The molecule has 2 aliphatic rings. The number of hydrazine groups is 1. The maximum Gasteiger partial charge on any atom is 0.259 e. The first-order chi connectivity index (χ1) is 11.3. The highest BCUT2D eigenvalue weighted by Gasteiger charge is 2.37. The van der Waals surface area contributed by atoms with Gasteiger partial charge < -0.3 is 10.3 Å². The molecule has 0 saturated heterocycles. The first-order valence-corrected chi connectivity index (χ1v) is 9.09. The highest BCUT2D eigenvalue weighted by atomic mass is 19.3. The lowest BCUT2D eigenvalue weighted by molar-refractivity contribution is -0.119. The third-order valence-electron chi connectivity index (χ3n) is 5.23. The predicted molar refractivity (Wildman–Crippen MR) is 91.3 cm³/mol. The number of halogens is 2. The molecule has 0 spiro atoms. The second kappa shape index (κ2) is 8.28. The average Bonchev–Trinajstić information content (AvgIpc) is 2.89. The smallest absolute Gasteiger partial charge is 0.259 e. The molecule has 1 amide bonds. The Morgan fingerprint density at radius 3 is 2.62 bits per heavy atom. The summed E-state index contributed by atoms with van der Waals surface area (Å²) in [6, 6.07) is -1.13. The fourth-order valence-corrected chi connectivity index (χ4v) is 4.20. The maximum absolute atomic E-state index is 13.1. The SMILES string of the molecule is CC(C)CC(C)C1CCCCC1NC(=O)C1=CN(C)NC1C(F)F. The Labute approximate surface area is 144 Å². The Morgan fingerprint density at radius 1 is 1.33 bits per heavy atom. The van der Waals surface area contributed by atoms with Crippen LogP contribution in [0.3, 0.4) is 0 Å². The molecule has 1 aliphatic heterocycles. The van der Waals surface area contributed by atoms with Crippen LogP contribution in [0.2, 0.25) is 0 Å². The van der Waals surface area contributed by atoms with Gasteiger partial charge in [-0.2, -0.15) is 0 Å². The molecule has 1 fully saturated rings. The van der Waals surface area contributed by atoms with Crippen LogP contribution < -0.4 is 10.7 Å². The van der Waals surface area contributed by atoms with E-state index in [0.717, 1.165) is 25.7 Å². The molecule has 1 heterocycles. The number of hydrogen-bond donors (Lipinski definition) is 2. The summed E-state index contributed by atoms with van der Waals surface area (Å²) in [5.41, 5.74) is 2.74. The zero-order valence-corrected chi connectivity index (χ0v) is 15.2. The van der Waals surface area contributed by atoms with Crippen molar-refractivity contribution < 1.29 is 13.6 Å². The topological polar surface area (TPSA) is 44.4 Å². The molecule has 1 saturated carbocycles. The molecule has 4 atom stereocenters. The van der Waals surface area contributed by atoms with E-state index >= 15 is 0 Å². The van der Waals surface area contributed by atoms with Crippen LogP contribution in [-0.4, -0.2) is 36.5 Å². The Balaban J connectivity index is 2.04. The van der Waals surface area contributed by atoms with Crippen molar-refractivity contribution in [3.05, 3.63) is 11.8 Å². The lowest BCUT2D eigenvalue weighted by atomic mass is 9.74. The lowest BCUT2D eigenvalue weighted by Gasteiger charge is -2.37. The second-order valence-electron chi connectivity index (χ2n) is 7.77. The van der Waals surface area contributed by atoms with E-state index in [1.165, 1.54) is 17.6 Å². The second-order valence-corrected chi connectivity index (χ2v) is 7.77. The number of amides is 1. The molecule has 4 unspecified atom stereocenters. The molecule has 1 aliphatic carbocycles. The zero-order chi connectivity index (χ0) is 17.9. The molecular formula is C18H31F2N3O. The summed E-state index contributed by atoms with van der Waals surface area (Å²) in [5, 5.41) is 4.50. The van der Waals surface area contributed by atoms with Crippen molar-refractivity contribution >= 4 is 5.91 Å². The van der Waals surface area contributed by atoms with Crippen LogP contribution in [0.25, 0.3) is 0 Å². The molecule has 24 heavy (non-hydrogen) atoms. The highest BCUT2D eigenvalue weighted by molar-refractivity contribution is 5.95. The molecular weight excluding hydrogens is 312 g/mol. The molecule has 2 rings (SSSR count). The van der Waals surface area contributed by atoms with Crippen molar-refractivity contribution in [3.63, 3.8) is 0 Å². The molecule has 0 aromatic carbocycles. The third-order valence-corrected chi connectivity index (χ3v) is 5.23. The van der Waals surface area contributed by atoms with Crippen LogP contribution in [0.15, 0.2) is 11.8 Å². The number of nitrogens with one attached hydrogen (secondary N) is 2. The fraction of sp³-hybridized carbons (Fsp3) is 0.833. The minimum atomic E-state index is -2.60. The molecule has 4 nitrogen and oxygen atoms in total. The van der Waals surface area contributed by atoms with Crippen molar-refractivity contribution in [2.75, 3.05) is 7.05 Å². The van der Waals surface area contributed by atoms with Gasteiger partial charge in [-0.15, -0.1) is 0 Å². The van der Waals surface area contributed by atoms with E-state index in [9.17, 15) is 13.6 Å². The summed E-state index contributed by atoms with van der Waals surface area (Å²) in [5.74, 6) is 1.23. The molecule has 0 aromatic rings. The first-order valence-electron chi connectivity index (χ1n) is 9.09. The van der Waals surface area contributed by atoms with Gasteiger partial charge in [0.15, 0.2) is 0 Å². The number of carbonyl (C=O) groups is 1. The number of nitrogens with zero attached hydrogens (tertiary/aromatic N) is 1. The van der Waals surface area contributed by atoms with Crippen molar-refractivity contribution in [2.45, 2.75) is 71.4 Å². The minimum absolute atomic E-state index is 0.0881. The first kappa shape index (κ1) is 19.2. The van der Waals surface area contributed by atoms with Crippen molar-refractivity contribution in [3.8, 4) is 0 Å². The predicted octanol–water partition coefficient (Wildman–Crippen LogP) is 3.31. The van der Waals surface area contributed by atoms with E-state index in [1.54, 1.807) is 7.05 Å². The summed E-state index contributed by atoms with van der Waals surface area (Å²) in [7, 11) is 1.63. The van der Waals surface area contributed by atoms with E-state index in [1.807, 2.05) is 0 Å². The summed E-state index contributed by atoms with van der Waals surface area (Å²) in [6.07, 6.45) is 4.32. The van der Waals surface area contributed by atoms with Gasteiger partial charge in [0.1, 0.15) is 6.04 Å². The Bertz CT molecular complexity index is 467. The molecule has 0 bridgehead atoms. The highest BCUT2D eigenvalue weighted by Crippen LogP contribution is 2.34. The quantitative estimate of drug-likeness (QED) is 0.778. The van der Waals surface area contributed by atoms with Gasteiger partial charge in [0.25, 0.3) is 12.3 Å². The number of carbonyl (C=O) groups excluding carboxylic acids is 1. The largest absolute Gasteiger partial charge is 0.349 e. The number of hydrogen-bond acceptors (Lipinski definition) is 3. The van der Waals surface area contributed by atoms with Crippen LogP contribution in [0.4, 0.5) is 8.78 Å². The fourth-order valence-electron chi connectivity index (χ4n) is 4.20. The van der Waals surface area contributed by atoms with Crippen molar-refractivity contribution in [1.82, 2.24) is 15.8 Å². The van der Waals surface area contributed by atoms with E-state index in [4.69, 9.17) is 0 Å². The monoisotopic (exact) mass is 343 g/mol. The summed E-state index contributed by atoms with van der Waals surface area (Å²) < 4.78 is 26.3. The van der Waals surface area contributed by atoms with Gasteiger partial charge in [-0.1, -0.05) is 33.6 Å². The van der Waals surface area contributed by atoms with Gasteiger partial charge in [0.05, 0.1) is 5.57 Å². The van der Waals surface area contributed by atoms with Gasteiger partial charge in [0, 0.05) is 19.3 Å². The molecule has 138 valence electrons. The van der Waals surface area contributed by atoms with Crippen LogP contribution in [-0.2, 0) is 4.79 Å². The molecule has 2 N–H and O–H groups in total. The van der Waals surface area contributed by atoms with Crippen LogP contribution in [0, 0.1) is 17.8 Å². The Kier molecular flexibility index (Phi) is 6.61. The van der Waals surface area contributed by atoms with Crippen molar-refractivity contribution in [2.24, 2.45) is 17.8 Å². The molecule has 6 heteroatoms. The van der Waals surface area contributed by atoms with Crippen LogP contribution in [0.1, 0.15) is 52.9 Å². The van der Waals surface area contributed by atoms with Gasteiger partial charge in [-0.3, -0.25) is 4.79 Å². The van der Waals surface area contributed by atoms with Crippen LogP contribution in [0.5, 0.6) is 0 Å². The standard InChI is InChI=1S/C18H31F2N3O/c1-11(2)9-12(3)13-7-5-6-8-15(13)21-18(24)14-10-23(4)22-16(14)17(19)20/h10-13,15-17,22H,5-9H2,1-4H3,(H,21,24). The molecule has 0 aromatic heterocycles. The van der Waals surface area contributed by atoms with Gasteiger partial charge in [-0.05, 0) is 37.0 Å². The normalized spacial score (nSPS) is 29.1. The van der Waals surface area contributed by atoms with E-state index < -0.39 is 12.5 Å². The van der Waals surface area contributed by atoms with Crippen LogP contribution >= 0.6 is 0 Å². The lowest BCUT2D eigenvalue weighted by Crippen LogP contribution is -2.47. The number of rotatable bonds is 6. The van der Waals surface area contributed by atoms with Gasteiger partial charge >= 0.3 is 0 Å². The van der Waals surface area contributed by atoms with Gasteiger partial charge in [0.2, 0.25) is 0 Å². The van der Waals surface area contributed by atoms with E-state index in [2.05, 4.69) is 31.5 Å². The maximum atomic E-state index is 13.1.